The van der Waals surface area contributed by atoms with E-state index in [2.05, 4.69) is 4.85 Å². The van der Waals surface area contributed by atoms with Gasteiger partial charge in [0.25, 0.3) is 5.16 Å². The van der Waals surface area contributed by atoms with Crippen LogP contribution in [0.15, 0.2) is 0 Å². The lowest BCUT2D eigenvalue weighted by molar-refractivity contribution is 0.550. The monoisotopic (exact) mass is 198 g/mol. The van der Waals surface area contributed by atoms with E-state index in [0.717, 1.165) is 6.42 Å². The van der Waals surface area contributed by atoms with Crippen molar-refractivity contribution in [1.29, 1.82) is 5.26 Å². The predicted molar refractivity (Wildman–Crippen MR) is 53.1 cm³/mol. The Morgan fingerprint density at radius 3 is 2.38 bits per heavy atom. The van der Waals surface area contributed by atoms with E-state index in [9.17, 15) is 4.11 Å². The molecule has 13 heavy (non-hydrogen) atoms. The highest BCUT2D eigenvalue weighted by atomic mass is 28.4. The van der Waals surface area contributed by atoms with E-state index < -0.39 is 13.6 Å². The maximum absolute atomic E-state index is 13.9. The molecule has 0 aromatic rings. The van der Waals surface area contributed by atoms with E-state index in [1.165, 1.54) is 13.1 Å². The SMILES string of the molecule is [C-]#[N+]C(CC#N)(CCC)[Si](C)(C)F. The van der Waals surface area contributed by atoms with Gasteiger partial charge in [-0.1, -0.05) is 6.92 Å². The van der Waals surface area contributed by atoms with Gasteiger partial charge in [-0.05, 0) is 19.5 Å². The van der Waals surface area contributed by atoms with Gasteiger partial charge in [-0.15, -0.1) is 0 Å². The first-order valence-corrected chi connectivity index (χ1v) is 7.26. The van der Waals surface area contributed by atoms with E-state index in [1.54, 1.807) is 0 Å². The van der Waals surface area contributed by atoms with E-state index in [4.69, 9.17) is 11.8 Å². The van der Waals surface area contributed by atoms with Crippen molar-refractivity contribution in [3.8, 4) is 6.07 Å². The van der Waals surface area contributed by atoms with Gasteiger partial charge < -0.3 is 8.95 Å². The molecule has 1 unspecified atom stereocenters. The first-order valence-electron chi connectivity index (χ1n) is 4.38. The minimum Gasteiger partial charge on any atom is -0.311 e. The average molecular weight is 198 g/mol. The summed E-state index contributed by atoms with van der Waals surface area (Å²) < 4.78 is 13.9. The van der Waals surface area contributed by atoms with Gasteiger partial charge >= 0.3 is 8.41 Å². The Labute approximate surface area is 80.4 Å². The number of hydrogen-bond donors (Lipinski definition) is 0. The van der Waals surface area contributed by atoms with Crippen molar-refractivity contribution in [2.24, 2.45) is 0 Å². The number of nitriles is 1. The lowest BCUT2D eigenvalue weighted by Crippen LogP contribution is -2.48. The molecule has 4 heteroatoms. The smallest absolute Gasteiger partial charge is 0.311 e. The largest absolute Gasteiger partial charge is 0.337 e. The second-order valence-electron chi connectivity index (χ2n) is 3.70. The van der Waals surface area contributed by atoms with Gasteiger partial charge in [-0.25, -0.2) is 6.57 Å². The molecule has 0 aromatic heterocycles. The Morgan fingerprint density at radius 2 is 2.15 bits per heavy atom. The zero-order valence-electron chi connectivity index (χ0n) is 8.39. The zero-order chi connectivity index (χ0) is 10.5. The zero-order valence-corrected chi connectivity index (χ0v) is 9.39. The van der Waals surface area contributed by atoms with Gasteiger partial charge in [0.15, 0.2) is 0 Å². The van der Waals surface area contributed by atoms with Gasteiger partial charge in [0.1, 0.15) is 6.42 Å². The molecule has 0 fully saturated rings. The molecule has 0 aliphatic rings. The van der Waals surface area contributed by atoms with E-state index >= 15 is 0 Å². The van der Waals surface area contributed by atoms with Crippen LogP contribution in [0.25, 0.3) is 4.85 Å². The molecular formula is C9H15FN2Si. The summed E-state index contributed by atoms with van der Waals surface area (Å²) in [6, 6.07) is 1.93. The number of rotatable bonds is 4. The summed E-state index contributed by atoms with van der Waals surface area (Å²) in [6.45, 7) is 12.0. The molecule has 0 bridgehead atoms. The summed E-state index contributed by atoms with van der Waals surface area (Å²) in [5.74, 6) is 0. The van der Waals surface area contributed by atoms with Gasteiger partial charge in [-0.2, -0.15) is 5.26 Å². The molecule has 0 spiro atoms. The summed E-state index contributed by atoms with van der Waals surface area (Å²) in [5, 5.41) is 7.57. The second kappa shape index (κ2) is 4.39. The fourth-order valence-electron chi connectivity index (χ4n) is 1.37. The number of halogens is 1. The summed E-state index contributed by atoms with van der Waals surface area (Å²) in [6.07, 6.45) is 1.28. The van der Waals surface area contributed by atoms with Crippen molar-refractivity contribution < 1.29 is 4.11 Å². The summed E-state index contributed by atoms with van der Waals surface area (Å²) in [5.41, 5.74) is 0. The van der Waals surface area contributed by atoms with Crippen LogP contribution in [-0.4, -0.2) is 13.6 Å². The Hall–Kier alpha value is -0.873. The molecule has 0 radical (unpaired) electrons. The lowest BCUT2D eigenvalue weighted by Gasteiger charge is -2.26. The summed E-state index contributed by atoms with van der Waals surface area (Å²) in [7, 11) is -3.06. The van der Waals surface area contributed by atoms with Gasteiger partial charge in [-0.3, -0.25) is 0 Å². The highest BCUT2D eigenvalue weighted by molar-refractivity contribution is 6.74. The molecule has 0 rings (SSSR count). The second-order valence-corrected chi connectivity index (χ2v) is 7.58. The Morgan fingerprint density at radius 1 is 1.62 bits per heavy atom. The van der Waals surface area contributed by atoms with Gasteiger partial charge in [0.05, 0.1) is 6.07 Å². The fraction of sp³-hybridized carbons (Fsp3) is 0.778. The molecule has 1 atom stereocenters. The van der Waals surface area contributed by atoms with Crippen LogP contribution in [-0.2, 0) is 0 Å². The van der Waals surface area contributed by atoms with Crippen molar-refractivity contribution in [3.05, 3.63) is 11.4 Å². The van der Waals surface area contributed by atoms with E-state index in [1.807, 2.05) is 13.0 Å². The van der Waals surface area contributed by atoms with Crippen molar-refractivity contribution in [2.75, 3.05) is 0 Å². The molecule has 0 aliphatic carbocycles. The van der Waals surface area contributed by atoms with Crippen LogP contribution in [0.5, 0.6) is 0 Å². The Bertz CT molecular complexity index is 246. The fourth-order valence-corrected chi connectivity index (χ4v) is 2.98. The normalized spacial score (nSPS) is 15.5. The molecule has 0 N–H and O–H groups in total. The maximum atomic E-state index is 13.9. The highest BCUT2D eigenvalue weighted by Crippen LogP contribution is 2.34. The molecule has 2 nitrogen and oxygen atoms in total. The van der Waals surface area contributed by atoms with Crippen molar-refractivity contribution in [2.45, 2.75) is 44.4 Å². The van der Waals surface area contributed by atoms with Crippen LogP contribution in [0.2, 0.25) is 13.1 Å². The van der Waals surface area contributed by atoms with Crippen molar-refractivity contribution >= 4 is 8.41 Å². The van der Waals surface area contributed by atoms with E-state index in [0.29, 0.717) is 6.42 Å². The molecule has 0 heterocycles. The first-order chi connectivity index (χ1) is 5.93. The third-order valence-corrected chi connectivity index (χ3v) is 5.11. The predicted octanol–water partition coefficient (Wildman–Crippen LogP) is 3.07. The van der Waals surface area contributed by atoms with Crippen LogP contribution in [0, 0.1) is 17.9 Å². The molecule has 0 saturated carbocycles. The summed E-state index contributed by atoms with van der Waals surface area (Å²) >= 11 is 0. The summed E-state index contributed by atoms with van der Waals surface area (Å²) in [4.78, 5) is 3.38. The molecule has 72 valence electrons. The lowest BCUT2D eigenvalue weighted by atomic mass is 10.1. The highest BCUT2D eigenvalue weighted by Gasteiger charge is 2.54. The van der Waals surface area contributed by atoms with Crippen molar-refractivity contribution in [1.82, 2.24) is 0 Å². The molecule has 0 amide bonds. The third-order valence-electron chi connectivity index (χ3n) is 2.36. The Balaban J connectivity index is 4.92. The van der Waals surface area contributed by atoms with Crippen LogP contribution in [0.1, 0.15) is 26.2 Å². The average Bonchev–Trinajstić information content (AvgIpc) is 2.02. The molecule has 0 aromatic carbocycles. The van der Waals surface area contributed by atoms with Crippen LogP contribution in [0.4, 0.5) is 4.11 Å². The van der Waals surface area contributed by atoms with Gasteiger partial charge in [0.2, 0.25) is 0 Å². The minimum absolute atomic E-state index is 0.0278. The topological polar surface area (TPSA) is 28.1 Å². The maximum Gasteiger partial charge on any atom is 0.337 e. The van der Waals surface area contributed by atoms with Gasteiger partial charge in [0, 0.05) is 6.42 Å². The Kier molecular flexibility index (Phi) is 4.09. The molecular weight excluding hydrogens is 183 g/mol. The van der Waals surface area contributed by atoms with Crippen LogP contribution >= 0.6 is 0 Å². The molecule has 0 saturated heterocycles. The standard InChI is InChI=1S/C9H15FN2Si/c1-5-6-9(12-2,7-8-11)13(3,4)10/h5-7H2,1,3-4H3. The minimum atomic E-state index is -3.06. The quantitative estimate of drug-likeness (QED) is 0.387. The van der Waals surface area contributed by atoms with Crippen LogP contribution in [0.3, 0.4) is 0 Å². The molecule has 0 aliphatic heterocycles. The van der Waals surface area contributed by atoms with Crippen LogP contribution < -0.4 is 0 Å². The number of hydrogen-bond acceptors (Lipinski definition) is 1. The van der Waals surface area contributed by atoms with E-state index in [-0.39, 0.29) is 6.42 Å². The number of nitrogens with zero attached hydrogens (tertiary/aromatic N) is 2. The van der Waals surface area contributed by atoms with Crippen molar-refractivity contribution in [3.63, 3.8) is 0 Å². The third kappa shape index (κ3) is 2.53. The first kappa shape index (κ1) is 12.1.